The van der Waals surface area contributed by atoms with Crippen LogP contribution < -0.4 is 5.32 Å². The standard InChI is InChI=1S/C59H103NO3/c1-3-5-7-9-11-13-15-17-19-21-23-24-25-26-27-28-29-30-31-32-33-34-35-36-37-39-41-43-45-47-49-51-53-55-59(63)60-57(56-61)58(62)54-52-50-48-46-44-42-40-38-22-20-18-16-14-12-10-8-6-4-2/h5,7,11,13,17,19,23-24,26-27,29-30,32-33,35-36,57-58,61-62H,3-4,6,8-10,12,14-16,18,20-22,25,28,31,34,37-56H2,1-2H3,(H,60,63)/b7-5-,13-11-,19-17-,24-23-,27-26-,30-29-,33-32-,36-35-. The maximum atomic E-state index is 12.5. The SMILES string of the molecule is CC/C=C\C/C=C\C/C=C\C/C=C\C/C=C\C/C=C\C/C=C\C/C=C\CCCCCCCCCCC(=O)NC(CO)C(O)CCCCCCCCCCCCCCCCCCCC. The molecule has 0 aromatic heterocycles. The number of aliphatic hydroxyl groups is 2. The van der Waals surface area contributed by atoms with E-state index >= 15 is 0 Å². The van der Waals surface area contributed by atoms with Gasteiger partial charge in [-0.1, -0.05) is 265 Å². The summed E-state index contributed by atoms with van der Waals surface area (Å²) < 4.78 is 0. The smallest absolute Gasteiger partial charge is 0.220 e. The molecule has 4 nitrogen and oxygen atoms in total. The van der Waals surface area contributed by atoms with Gasteiger partial charge in [-0.25, -0.2) is 0 Å². The lowest BCUT2D eigenvalue weighted by Crippen LogP contribution is -2.45. The summed E-state index contributed by atoms with van der Waals surface area (Å²) in [5.41, 5.74) is 0. The summed E-state index contributed by atoms with van der Waals surface area (Å²) >= 11 is 0. The van der Waals surface area contributed by atoms with E-state index in [0.29, 0.717) is 12.8 Å². The maximum Gasteiger partial charge on any atom is 0.220 e. The first-order chi connectivity index (χ1) is 31.2. The van der Waals surface area contributed by atoms with E-state index in [-0.39, 0.29) is 12.5 Å². The van der Waals surface area contributed by atoms with Gasteiger partial charge in [-0.05, 0) is 77.0 Å². The summed E-state index contributed by atoms with van der Waals surface area (Å²) in [5.74, 6) is -0.0423. The quantitative estimate of drug-likeness (QED) is 0.0421. The van der Waals surface area contributed by atoms with Crippen LogP contribution >= 0.6 is 0 Å². The zero-order chi connectivity index (χ0) is 45.6. The lowest BCUT2D eigenvalue weighted by atomic mass is 10.0. The van der Waals surface area contributed by atoms with E-state index in [2.05, 4.69) is 116 Å². The lowest BCUT2D eigenvalue weighted by molar-refractivity contribution is -0.123. The van der Waals surface area contributed by atoms with Crippen LogP contribution in [0.5, 0.6) is 0 Å². The molecule has 2 unspecified atom stereocenters. The highest BCUT2D eigenvalue weighted by Crippen LogP contribution is 2.16. The van der Waals surface area contributed by atoms with Gasteiger partial charge in [0.15, 0.2) is 0 Å². The van der Waals surface area contributed by atoms with E-state index in [1.165, 1.54) is 148 Å². The Kier molecular flexibility index (Phi) is 51.4. The summed E-state index contributed by atoms with van der Waals surface area (Å²) in [6.07, 6.45) is 79.4. The predicted molar refractivity (Wildman–Crippen MR) is 280 cm³/mol. The van der Waals surface area contributed by atoms with Crippen molar-refractivity contribution in [1.29, 1.82) is 0 Å². The minimum absolute atomic E-state index is 0.0423. The van der Waals surface area contributed by atoms with Gasteiger partial charge in [0.25, 0.3) is 0 Å². The van der Waals surface area contributed by atoms with Gasteiger partial charge in [0, 0.05) is 6.42 Å². The summed E-state index contributed by atoms with van der Waals surface area (Å²) in [7, 11) is 0. The van der Waals surface area contributed by atoms with Gasteiger partial charge in [-0.3, -0.25) is 4.79 Å². The van der Waals surface area contributed by atoms with Gasteiger partial charge in [0.2, 0.25) is 5.91 Å². The minimum Gasteiger partial charge on any atom is -0.394 e. The largest absolute Gasteiger partial charge is 0.394 e. The van der Waals surface area contributed by atoms with Crippen molar-refractivity contribution in [2.75, 3.05) is 6.61 Å². The second-order valence-corrected chi connectivity index (χ2v) is 17.9. The van der Waals surface area contributed by atoms with Gasteiger partial charge in [-0.2, -0.15) is 0 Å². The van der Waals surface area contributed by atoms with Crippen molar-refractivity contribution in [2.24, 2.45) is 0 Å². The molecule has 63 heavy (non-hydrogen) atoms. The van der Waals surface area contributed by atoms with E-state index < -0.39 is 12.1 Å². The third-order valence-electron chi connectivity index (χ3n) is 11.9. The molecule has 0 heterocycles. The monoisotopic (exact) mass is 874 g/mol. The van der Waals surface area contributed by atoms with Crippen LogP contribution in [0.4, 0.5) is 0 Å². The molecule has 0 aliphatic heterocycles. The van der Waals surface area contributed by atoms with Gasteiger partial charge < -0.3 is 15.5 Å². The third-order valence-corrected chi connectivity index (χ3v) is 11.9. The first kappa shape index (κ1) is 60.3. The topological polar surface area (TPSA) is 69.6 Å². The molecule has 362 valence electrons. The fourth-order valence-corrected chi connectivity index (χ4v) is 7.79. The van der Waals surface area contributed by atoms with Crippen LogP contribution in [0.3, 0.4) is 0 Å². The molecular weight excluding hydrogens is 771 g/mol. The summed E-state index contributed by atoms with van der Waals surface area (Å²) in [6.45, 7) is 4.25. The van der Waals surface area contributed by atoms with E-state index in [1.807, 2.05) is 0 Å². The lowest BCUT2D eigenvalue weighted by Gasteiger charge is -2.22. The number of carbonyl (C=O) groups is 1. The second-order valence-electron chi connectivity index (χ2n) is 17.9. The average Bonchev–Trinajstić information content (AvgIpc) is 3.29. The van der Waals surface area contributed by atoms with Crippen molar-refractivity contribution in [3.63, 3.8) is 0 Å². The molecule has 0 radical (unpaired) electrons. The first-order valence-electron chi connectivity index (χ1n) is 26.9. The normalized spacial score (nSPS) is 13.7. The van der Waals surface area contributed by atoms with Crippen LogP contribution in [0.15, 0.2) is 97.2 Å². The number of allylic oxidation sites excluding steroid dienone is 16. The molecule has 3 N–H and O–H groups in total. The molecule has 4 heteroatoms. The average molecular weight is 874 g/mol. The van der Waals surface area contributed by atoms with Crippen LogP contribution in [0, 0.1) is 0 Å². The highest BCUT2D eigenvalue weighted by atomic mass is 16.3. The van der Waals surface area contributed by atoms with Crippen molar-refractivity contribution in [1.82, 2.24) is 5.32 Å². The molecule has 0 aliphatic rings. The van der Waals surface area contributed by atoms with Crippen molar-refractivity contribution >= 4 is 5.91 Å². The Morgan fingerprint density at radius 1 is 0.397 bits per heavy atom. The van der Waals surface area contributed by atoms with Gasteiger partial charge in [0.1, 0.15) is 0 Å². The highest BCUT2D eigenvalue weighted by Gasteiger charge is 2.20. The molecule has 0 aliphatic carbocycles. The molecule has 0 saturated carbocycles. The zero-order valence-electron chi connectivity index (χ0n) is 41.6. The number of unbranched alkanes of at least 4 members (excludes halogenated alkanes) is 25. The van der Waals surface area contributed by atoms with Crippen molar-refractivity contribution in [3.05, 3.63) is 97.2 Å². The zero-order valence-corrected chi connectivity index (χ0v) is 41.6. The van der Waals surface area contributed by atoms with Crippen LogP contribution in [0.1, 0.15) is 251 Å². The summed E-state index contributed by atoms with van der Waals surface area (Å²) in [5, 5.41) is 23.3. The maximum absolute atomic E-state index is 12.5. The van der Waals surface area contributed by atoms with Gasteiger partial charge >= 0.3 is 0 Å². The minimum atomic E-state index is -0.669. The van der Waals surface area contributed by atoms with Crippen LogP contribution in [-0.4, -0.2) is 34.9 Å². The molecule has 0 bridgehead atoms. The Balaban J connectivity index is 3.58. The number of nitrogens with one attached hydrogen (secondary N) is 1. The Labute approximate surface area is 392 Å². The molecular formula is C59H103NO3. The Morgan fingerprint density at radius 2 is 0.698 bits per heavy atom. The van der Waals surface area contributed by atoms with E-state index in [1.54, 1.807) is 0 Å². The van der Waals surface area contributed by atoms with Crippen LogP contribution in [0.25, 0.3) is 0 Å². The number of rotatable bonds is 48. The highest BCUT2D eigenvalue weighted by molar-refractivity contribution is 5.76. The Bertz CT molecular complexity index is 1170. The fourth-order valence-electron chi connectivity index (χ4n) is 7.79. The van der Waals surface area contributed by atoms with Crippen molar-refractivity contribution in [3.8, 4) is 0 Å². The number of aliphatic hydroxyl groups excluding tert-OH is 2. The van der Waals surface area contributed by atoms with Crippen molar-refractivity contribution < 1.29 is 15.0 Å². The third kappa shape index (κ3) is 50.2. The fraction of sp³-hybridized carbons (Fsp3) is 0.712. The van der Waals surface area contributed by atoms with E-state index in [0.717, 1.165) is 77.0 Å². The molecule has 0 spiro atoms. The van der Waals surface area contributed by atoms with E-state index in [9.17, 15) is 15.0 Å². The second kappa shape index (κ2) is 53.6. The van der Waals surface area contributed by atoms with Crippen LogP contribution in [0.2, 0.25) is 0 Å². The van der Waals surface area contributed by atoms with Gasteiger partial charge in [-0.15, -0.1) is 0 Å². The summed E-state index contributed by atoms with van der Waals surface area (Å²) in [4.78, 5) is 12.5. The Morgan fingerprint density at radius 3 is 1.05 bits per heavy atom. The van der Waals surface area contributed by atoms with Crippen LogP contribution in [-0.2, 0) is 4.79 Å². The molecule has 0 fully saturated rings. The molecule has 0 aromatic carbocycles. The van der Waals surface area contributed by atoms with E-state index in [4.69, 9.17) is 0 Å². The molecule has 1 amide bonds. The van der Waals surface area contributed by atoms with Crippen molar-refractivity contribution in [2.45, 2.75) is 264 Å². The predicted octanol–water partition coefficient (Wildman–Crippen LogP) is 17.7. The summed E-state index contributed by atoms with van der Waals surface area (Å²) in [6, 6.07) is -0.548. The molecule has 0 rings (SSSR count). The number of carbonyl (C=O) groups excluding carboxylic acids is 1. The van der Waals surface area contributed by atoms with Gasteiger partial charge in [0.05, 0.1) is 18.8 Å². The molecule has 0 aromatic rings. The number of amides is 1. The molecule has 2 atom stereocenters. The molecule has 0 saturated heterocycles. The first-order valence-corrected chi connectivity index (χ1v) is 26.9. The number of hydrogen-bond acceptors (Lipinski definition) is 3. The Hall–Kier alpha value is -2.69. The number of hydrogen-bond donors (Lipinski definition) is 3.